The second-order valence-corrected chi connectivity index (χ2v) is 4.50. The Labute approximate surface area is 104 Å². The molecule has 96 valence electrons. The number of amides is 1. The molecule has 1 aromatic carbocycles. The number of benzene rings is 1. The molecule has 1 saturated carbocycles. The van der Waals surface area contributed by atoms with Gasteiger partial charge < -0.3 is 10.0 Å². The van der Waals surface area contributed by atoms with Crippen LogP contribution in [0.4, 0.5) is 4.39 Å². The Kier molecular flexibility index (Phi) is 3.32. The fourth-order valence-corrected chi connectivity index (χ4v) is 1.95. The fraction of sp³-hybridized carbons (Fsp3) is 0.385. The van der Waals surface area contributed by atoms with Crippen molar-refractivity contribution in [2.75, 3.05) is 7.05 Å². The fourth-order valence-electron chi connectivity index (χ4n) is 1.95. The lowest BCUT2D eigenvalue weighted by Gasteiger charge is -2.34. The van der Waals surface area contributed by atoms with Gasteiger partial charge in [0.05, 0.1) is 11.1 Å². The first-order valence-corrected chi connectivity index (χ1v) is 5.80. The van der Waals surface area contributed by atoms with Gasteiger partial charge in [0.1, 0.15) is 5.82 Å². The van der Waals surface area contributed by atoms with E-state index in [-0.39, 0.29) is 17.2 Å². The monoisotopic (exact) mass is 251 g/mol. The quantitative estimate of drug-likeness (QED) is 0.895. The van der Waals surface area contributed by atoms with E-state index in [1.165, 1.54) is 17.0 Å². The summed E-state index contributed by atoms with van der Waals surface area (Å²) in [5, 5.41) is 8.72. The number of carbonyl (C=O) groups excluding carboxylic acids is 1. The van der Waals surface area contributed by atoms with E-state index in [0.717, 1.165) is 25.3 Å². The number of hydrogen-bond acceptors (Lipinski definition) is 2. The van der Waals surface area contributed by atoms with Crippen molar-refractivity contribution in [2.45, 2.75) is 25.3 Å². The minimum absolute atomic E-state index is 0.0746. The lowest BCUT2D eigenvalue weighted by Crippen LogP contribution is -2.41. The van der Waals surface area contributed by atoms with Crippen LogP contribution in [0.15, 0.2) is 18.2 Å². The molecule has 2 rings (SSSR count). The van der Waals surface area contributed by atoms with E-state index < -0.39 is 17.7 Å². The molecule has 0 heterocycles. The highest BCUT2D eigenvalue weighted by atomic mass is 19.1. The molecule has 1 aromatic rings. The van der Waals surface area contributed by atoms with Crippen LogP contribution < -0.4 is 0 Å². The average Bonchev–Trinajstić information content (AvgIpc) is 2.25. The predicted octanol–water partition coefficient (Wildman–Crippen LogP) is 2.15. The minimum Gasteiger partial charge on any atom is -0.478 e. The number of carboxylic acid groups (broad SMARTS) is 1. The van der Waals surface area contributed by atoms with Gasteiger partial charge in [-0.3, -0.25) is 4.79 Å². The summed E-state index contributed by atoms with van der Waals surface area (Å²) in [6.45, 7) is 0. The van der Waals surface area contributed by atoms with Crippen molar-refractivity contribution < 1.29 is 19.1 Å². The molecular weight excluding hydrogens is 237 g/mol. The van der Waals surface area contributed by atoms with E-state index in [1.54, 1.807) is 7.05 Å². The number of nitrogens with zero attached hydrogens (tertiary/aromatic N) is 1. The molecule has 0 atom stereocenters. The molecule has 0 saturated heterocycles. The molecule has 0 aliphatic heterocycles. The number of hydrogen-bond donors (Lipinski definition) is 1. The van der Waals surface area contributed by atoms with Crippen LogP contribution in [0.2, 0.25) is 0 Å². The van der Waals surface area contributed by atoms with Gasteiger partial charge in [0.2, 0.25) is 0 Å². The molecule has 0 spiro atoms. The molecule has 5 heteroatoms. The van der Waals surface area contributed by atoms with Crippen molar-refractivity contribution in [1.82, 2.24) is 4.90 Å². The van der Waals surface area contributed by atoms with E-state index in [4.69, 9.17) is 5.11 Å². The third kappa shape index (κ3) is 2.20. The van der Waals surface area contributed by atoms with E-state index >= 15 is 0 Å². The molecule has 0 bridgehead atoms. The summed E-state index contributed by atoms with van der Waals surface area (Å²) in [5.74, 6) is -2.39. The highest BCUT2D eigenvalue weighted by Crippen LogP contribution is 2.25. The van der Waals surface area contributed by atoms with Crippen LogP contribution in [0, 0.1) is 5.82 Å². The number of carbonyl (C=O) groups is 2. The Hall–Kier alpha value is -1.91. The second kappa shape index (κ2) is 4.76. The zero-order valence-corrected chi connectivity index (χ0v) is 10.0. The third-order valence-corrected chi connectivity index (χ3v) is 3.39. The second-order valence-electron chi connectivity index (χ2n) is 4.50. The molecule has 4 nitrogen and oxygen atoms in total. The summed E-state index contributed by atoms with van der Waals surface area (Å²) in [4.78, 5) is 24.2. The van der Waals surface area contributed by atoms with Gasteiger partial charge in [-0.15, -0.1) is 0 Å². The zero-order valence-electron chi connectivity index (χ0n) is 10.0. The summed E-state index contributed by atoms with van der Waals surface area (Å²) < 4.78 is 13.7. The van der Waals surface area contributed by atoms with Crippen molar-refractivity contribution in [2.24, 2.45) is 0 Å². The Balaban J connectivity index is 2.22. The molecule has 1 amide bonds. The van der Waals surface area contributed by atoms with Crippen molar-refractivity contribution >= 4 is 11.9 Å². The number of halogens is 1. The van der Waals surface area contributed by atoms with E-state index in [9.17, 15) is 14.0 Å². The first kappa shape index (κ1) is 12.5. The minimum atomic E-state index is -1.21. The van der Waals surface area contributed by atoms with Crippen molar-refractivity contribution in [3.63, 3.8) is 0 Å². The number of rotatable bonds is 3. The van der Waals surface area contributed by atoms with Gasteiger partial charge in [0, 0.05) is 13.1 Å². The van der Waals surface area contributed by atoms with Crippen LogP contribution in [-0.4, -0.2) is 35.0 Å². The van der Waals surface area contributed by atoms with E-state index in [2.05, 4.69) is 0 Å². The molecule has 1 aliphatic carbocycles. The van der Waals surface area contributed by atoms with Crippen molar-refractivity contribution in [3.8, 4) is 0 Å². The molecule has 0 unspecified atom stereocenters. The standard InChI is InChI=1S/C13H14FNO3/c1-15(9-3-2-4-9)12(16)10-6-5-8(13(17)18)7-11(10)14/h5-7,9H,2-4H2,1H3,(H,17,18). The maximum atomic E-state index is 13.7. The first-order chi connectivity index (χ1) is 8.50. The van der Waals surface area contributed by atoms with Gasteiger partial charge in [0.25, 0.3) is 5.91 Å². The van der Waals surface area contributed by atoms with Crippen molar-refractivity contribution in [3.05, 3.63) is 35.1 Å². The number of aromatic carboxylic acids is 1. The SMILES string of the molecule is CN(C(=O)c1ccc(C(=O)O)cc1F)C1CCC1. The van der Waals surface area contributed by atoms with Gasteiger partial charge in [-0.2, -0.15) is 0 Å². The topological polar surface area (TPSA) is 57.6 Å². The van der Waals surface area contributed by atoms with Crippen LogP contribution in [0.25, 0.3) is 0 Å². The Morgan fingerprint density at radius 3 is 2.50 bits per heavy atom. The first-order valence-electron chi connectivity index (χ1n) is 5.80. The summed E-state index contributed by atoms with van der Waals surface area (Å²) >= 11 is 0. The molecule has 18 heavy (non-hydrogen) atoms. The lowest BCUT2D eigenvalue weighted by atomic mass is 9.91. The van der Waals surface area contributed by atoms with E-state index in [0.29, 0.717) is 0 Å². The van der Waals surface area contributed by atoms with Gasteiger partial charge >= 0.3 is 5.97 Å². The smallest absolute Gasteiger partial charge is 0.335 e. The van der Waals surface area contributed by atoms with Crippen LogP contribution in [0.3, 0.4) is 0 Å². The van der Waals surface area contributed by atoms with Crippen LogP contribution in [0.5, 0.6) is 0 Å². The highest BCUT2D eigenvalue weighted by Gasteiger charge is 2.27. The molecule has 0 aromatic heterocycles. The number of carboxylic acids is 1. The Morgan fingerprint density at radius 1 is 1.39 bits per heavy atom. The lowest BCUT2D eigenvalue weighted by molar-refractivity contribution is 0.0643. The van der Waals surface area contributed by atoms with E-state index in [1.807, 2.05) is 0 Å². The average molecular weight is 251 g/mol. The molecule has 0 radical (unpaired) electrons. The van der Waals surface area contributed by atoms with Gasteiger partial charge in [0.15, 0.2) is 0 Å². The van der Waals surface area contributed by atoms with Gasteiger partial charge in [-0.25, -0.2) is 9.18 Å². The van der Waals surface area contributed by atoms with Crippen LogP contribution in [-0.2, 0) is 0 Å². The zero-order chi connectivity index (χ0) is 13.3. The third-order valence-electron chi connectivity index (χ3n) is 3.39. The summed E-state index contributed by atoms with van der Waals surface area (Å²) in [6, 6.07) is 3.53. The predicted molar refractivity (Wildman–Crippen MR) is 63.1 cm³/mol. The maximum Gasteiger partial charge on any atom is 0.335 e. The summed E-state index contributed by atoms with van der Waals surface area (Å²) in [7, 11) is 1.65. The Morgan fingerprint density at radius 2 is 2.06 bits per heavy atom. The van der Waals surface area contributed by atoms with Gasteiger partial charge in [-0.1, -0.05) is 0 Å². The van der Waals surface area contributed by atoms with Gasteiger partial charge in [-0.05, 0) is 37.5 Å². The summed E-state index contributed by atoms with van der Waals surface area (Å²) in [5.41, 5.74) is -0.232. The van der Waals surface area contributed by atoms with Crippen LogP contribution >= 0.6 is 0 Å². The van der Waals surface area contributed by atoms with Crippen LogP contribution in [0.1, 0.15) is 40.0 Å². The molecular formula is C13H14FNO3. The maximum absolute atomic E-state index is 13.7. The molecule has 1 aliphatic rings. The molecule has 1 N–H and O–H groups in total. The summed E-state index contributed by atoms with van der Waals surface area (Å²) in [6.07, 6.45) is 2.97. The normalized spacial score (nSPS) is 15.0. The van der Waals surface area contributed by atoms with Crippen molar-refractivity contribution in [1.29, 1.82) is 0 Å². The largest absolute Gasteiger partial charge is 0.478 e. The Bertz CT molecular complexity index is 497. The molecule has 1 fully saturated rings. The highest BCUT2D eigenvalue weighted by molar-refractivity contribution is 5.96.